The standard InChI is InChI=1S/C18H20N2O4/c1-12-9-20(10-13(2)24-12)18(22)15-5-3-4-6-16(15)19-17(21)14-7-8-23-11-14/h3-8,11-13H,9-10H2,1-2H3,(H,19,21). The quantitative estimate of drug-likeness (QED) is 0.940. The minimum Gasteiger partial charge on any atom is -0.472 e. The molecule has 2 heterocycles. The van der Waals surface area contributed by atoms with Gasteiger partial charge in [0.2, 0.25) is 0 Å². The van der Waals surface area contributed by atoms with Crippen LogP contribution in [-0.4, -0.2) is 42.0 Å². The van der Waals surface area contributed by atoms with Crippen molar-refractivity contribution in [1.82, 2.24) is 4.90 Å². The second-order valence-corrected chi connectivity index (χ2v) is 5.98. The van der Waals surface area contributed by atoms with Crippen LogP contribution in [0.15, 0.2) is 47.3 Å². The molecule has 0 radical (unpaired) electrons. The second kappa shape index (κ2) is 6.88. The van der Waals surface area contributed by atoms with Gasteiger partial charge in [-0.15, -0.1) is 0 Å². The molecule has 2 amide bonds. The summed E-state index contributed by atoms with van der Waals surface area (Å²) in [5.41, 5.74) is 1.36. The van der Waals surface area contributed by atoms with Crippen molar-refractivity contribution in [2.75, 3.05) is 18.4 Å². The largest absolute Gasteiger partial charge is 0.472 e. The number of para-hydroxylation sites is 1. The molecule has 2 aromatic rings. The molecule has 24 heavy (non-hydrogen) atoms. The topological polar surface area (TPSA) is 71.8 Å². The van der Waals surface area contributed by atoms with Gasteiger partial charge in [0.1, 0.15) is 6.26 Å². The molecule has 0 saturated carbocycles. The van der Waals surface area contributed by atoms with Crippen molar-refractivity contribution >= 4 is 17.5 Å². The Morgan fingerprint density at radius 3 is 2.50 bits per heavy atom. The summed E-state index contributed by atoms with van der Waals surface area (Å²) in [4.78, 5) is 26.9. The maximum absolute atomic E-state index is 12.9. The van der Waals surface area contributed by atoms with Crippen molar-refractivity contribution < 1.29 is 18.7 Å². The monoisotopic (exact) mass is 328 g/mol. The van der Waals surface area contributed by atoms with Crippen LogP contribution in [0.5, 0.6) is 0 Å². The Labute approximate surface area is 140 Å². The molecule has 1 aromatic heterocycles. The smallest absolute Gasteiger partial charge is 0.258 e. The molecule has 2 unspecified atom stereocenters. The Kier molecular flexibility index (Phi) is 4.66. The van der Waals surface area contributed by atoms with E-state index in [1.807, 2.05) is 13.8 Å². The van der Waals surface area contributed by atoms with E-state index in [0.29, 0.717) is 29.9 Å². The molecule has 1 aromatic carbocycles. The van der Waals surface area contributed by atoms with Crippen LogP contribution in [0.4, 0.5) is 5.69 Å². The van der Waals surface area contributed by atoms with E-state index in [9.17, 15) is 9.59 Å². The lowest BCUT2D eigenvalue weighted by Crippen LogP contribution is -2.48. The van der Waals surface area contributed by atoms with Crippen LogP contribution < -0.4 is 5.32 Å². The molecule has 0 aliphatic carbocycles. The summed E-state index contributed by atoms with van der Waals surface area (Å²) >= 11 is 0. The molecule has 1 aliphatic heterocycles. The predicted octanol–water partition coefficient (Wildman–Crippen LogP) is 2.78. The number of hydrogen-bond acceptors (Lipinski definition) is 4. The Balaban J connectivity index is 1.81. The maximum atomic E-state index is 12.9. The minimum atomic E-state index is -0.312. The Morgan fingerprint density at radius 2 is 1.83 bits per heavy atom. The molecule has 0 bridgehead atoms. The van der Waals surface area contributed by atoms with Crippen LogP contribution in [0.1, 0.15) is 34.6 Å². The molecule has 1 saturated heterocycles. The van der Waals surface area contributed by atoms with Crippen molar-refractivity contribution in [2.24, 2.45) is 0 Å². The molecule has 6 nitrogen and oxygen atoms in total. The van der Waals surface area contributed by atoms with Crippen molar-refractivity contribution in [3.63, 3.8) is 0 Å². The van der Waals surface area contributed by atoms with Gasteiger partial charge in [-0.05, 0) is 32.0 Å². The van der Waals surface area contributed by atoms with Gasteiger partial charge in [-0.1, -0.05) is 12.1 Å². The van der Waals surface area contributed by atoms with Gasteiger partial charge in [-0.3, -0.25) is 9.59 Å². The van der Waals surface area contributed by atoms with Crippen LogP contribution in [0, 0.1) is 0 Å². The first kappa shape index (κ1) is 16.3. The normalized spacial score (nSPS) is 20.7. The number of hydrogen-bond donors (Lipinski definition) is 1. The van der Waals surface area contributed by atoms with Gasteiger partial charge >= 0.3 is 0 Å². The van der Waals surface area contributed by atoms with Crippen LogP contribution in [0.25, 0.3) is 0 Å². The van der Waals surface area contributed by atoms with Crippen LogP contribution in [0.3, 0.4) is 0 Å². The highest BCUT2D eigenvalue weighted by Gasteiger charge is 2.28. The van der Waals surface area contributed by atoms with Gasteiger partial charge in [0, 0.05) is 13.1 Å². The number of morpholine rings is 1. The third-order valence-corrected chi connectivity index (χ3v) is 3.90. The molecule has 126 valence electrons. The molecule has 1 aliphatic rings. The third-order valence-electron chi connectivity index (χ3n) is 3.90. The van der Waals surface area contributed by atoms with Crippen molar-refractivity contribution in [3.05, 3.63) is 54.0 Å². The number of rotatable bonds is 3. The summed E-state index contributed by atoms with van der Waals surface area (Å²) in [6.45, 7) is 4.96. The third kappa shape index (κ3) is 3.49. The average Bonchev–Trinajstić information content (AvgIpc) is 3.08. The predicted molar refractivity (Wildman–Crippen MR) is 89.0 cm³/mol. The number of benzene rings is 1. The summed E-state index contributed by atoms with van der Waals surface area (Å²) in [5.74, 6) is -0.423. The number of furan rings is 1. The molecule has 6 heteroatoms. The first-order valence-electron chi connectivity index (χ1n) is 7.92. The minimum absolute atomic E-state index is 0.00890. The zero-order chi connectivity index (χ0) is 17.1. The van der Waals surface area contributed by atoms with Gasteiger partial charge < -0.3 is 19.4 Å². The number of carbonyl (C=O) groups excluding carboxylic acids is 2. The molecular formula is C18H20N2O4. The molecule has 1 N–H and O–H groups in total. The van der Waals surface area contributed by atoms with E-state index in [1.54, 1.807) is 35.2 Å². The van der Waals surface area contributed by atoms with E-state index in [-0.39, 0.29) is 24.0 Å². The van der Waals surface area contributed by atoms with E-state index < -0.39 is 0 Å². The summed E-state index contributed by atoms with van der Waals surface area (Å²) in [6.07, 6.45) is 2.78. The number of nitrogens with zero attached hydrogens (tertiary/aromatic N) is 1. The molecule has 0 spiro atoms. The molecule has 1 fully saturated rings. The highest BCUT2D eigenvalue weighted by Crippen LogP contribution is 2.21. The first-order valence-corrected chi connectivity index (χ1v) is 7.92. The van der Waals surface area contributed by atoms with Gasteiger partial charge in [0.25, 0.3) is 11.8 Å². The van der Waals surface area contributed by atoms with E-state index in [0.717, 1.165) is 0 Å². The lowest BCUT2D eigenvalue weighted by molar-refractivity contribution is -0.0585. The zero-order valence-corrected chi connectivity index (χ0v) is 13.7. The fourth-order valence-corrected chi connectivity index (χ4v) is 2.88. The summed E-state index contributed by atoms with van der Waals surface area (Å²) in [6, 6.07) is 8.59. The number of amides is 2. The van der Waals surface area contributed by atoms with Crippen LogP contribution >= 0.6 is 0 Å². The number of ether oxygens (including phenoxy) is 1. The maximum Gasteiger partial charge on any atom is 0.258 e. The second-order valence-electron chi connectivity index (χ2n) is 5.98. The van der Waals surface area contributed by atoms with Gasteiger partial charge in [-0.2, -0.15) is 0 Å². The van der Waals surface area contributed by atoms with Crippen LogP contribution in [0.2, 0.25) is 0 Å². The average molecular weight is 328 g/mol. The summed E-state index contributed by atoms with van der Waals surface area (Å²) < 4.78 is 10.6. The zero-order valence-electron chi connectivity index (χ0n) is 13.7. The lowest BCUT2D eigenvalue weighted by Gasteiger charge is -2.35. The number of nitrogens with one attached hydrogen (secondary N) is 1. The SMILES string of the molecule is CC1CN(C(=O)c2ccccc2NC(=O)c2ccoc2)CC(C)O1. The van der Waals surface area contributed by atoms with Crippen molar-refractivity contribution in [1.29, 1.82) is 0 Å². The first-order chi connectivity index (χ1) is 11.5. The number of carbonyl (C=O) groups is 2. The summed E-state index contributed by atoms with van der Waals surface area (Å²) in [5, 5.41) is 2.78. The fraction of sp³-hybridized carbons (Fsp3) is 0.333. The van der Waals surface area contributed by atoms with Crippen molar-refractivity contribution in [2.45, 2.75) is 26.1 Å². The highest BCUT2D eigenvalue weighted by molar-refractivity contribution is 6.08. The summed E-state index contributed by atoms with van der Waals surface area (Å²) in [7, 11) is 0. The Hall–Kier alpha value is -2.60. The van der Waals surface area contributed by atoms with E-state index in [1.165, 1.54) is 12.5 Å². The van der Waals surface area contributed by atoms with E-state index >= 15 is 0 Å². The van der Waals surface area contributed by atoms with Gasteiger partial charge in [0.05, 0.1) is 35.3 Å². The fourth-order valence-electron chi connectivity index (χ4n) is 2.88. The lowest BCUT2D eigenvalue weighted by atomic mass is 10.1. The Morgan fingerprint density at radius 1 is 1.12 bits per heavy atom. The molecule has 2 atom stereocenters. The molecule has 3 rings (SSSR count). The number of anilines is 1. The van der Waals surface area contributed by atoms with Crippen LogP contribution in [-0.2, 0) is 4.74 Å². The molecular weight excluding hydrogens is 308 g/mol. The van der Waals surface area contributed by atoms with E-state index in [2.05, 4.69) is 5.32 Å². The Bertz CT molecular complexity index is 716. The van der Waals surface area contributed by atoms with E-state index in [4.69, 9.17) is 9.15 Å². The highest BCUT2D eigenvalue weighted by atomic mass is 16.5. The van der Waals surface area contributed by atoms with Crippen molar-refractivity contribution in [3.8, 4) is 0 Å². The van der Waals surface area contributed by atoms with Gasteiger partial charge in [-0.25, -0.2) is 0 Å². The van der Waals surface area contributed by atoms with Gasteiger partial charge in [0.15, 0.2) is 0 Å².